The summed E-state index contributed by atoms with van der Waals surface area (Å²) >= 11 is 0. The van der Waals surface area contributed by atoms with Gasteiger partial charge in [0.05, 0.1) is 18.3 Å². The van der Waals surface area contributed by atoms with E-state index in [1.165, 1.54) is 18.3 Å². The van der Waals surface area contributed by atoms with Crippen LogP contribution in [-0.2, 0) is 12.7 Å². The Morgan fingerprint density at radius 2 is 1.82 bits per heavy atom. The summed E-state index contributed by atoms with van der Waals surface area (Å²) in [7, 11) is 0. The highest BCUT2D eigenvalue weighted by molar-refractivity contribution is 6.05. The molecule has 2 aromatic rings. The molecule has 1 amide bonds. The number of carbonyl (C=O) groups excluding carboxylic acids is 1. The number of hydrogen-bond acceptors (Lipinski definition) is 7. The zero-order chi connectivity index (χ0) is 28.4. The van der Waals surface area contributed by atoms with Crippen molar-refractivity contribution in [1.82, 2.24) is 9.80 Å². The average Bonchev–Trinajstić information content (AvgIpc) is 2.90. The van der Waals surface area contributed by atoms with Crippen LogP contribution in [0.3, 0.4) is 0 Å². The Kier molecular flexibility index (Phi) is 10.6. The second-order valence-electron chi connectivity index (χ2n) is 9.22. The second kappa shape index (κ2) is 13.9. The van der Waals surface area contributed by atoms with Crippen molar-refractivity contribution in [3.05, 3.63) is 70.7 Å². The lowest BCUT2D eigenvalue weighted by atomic mass is 10.0. The van der Waals surface area contributed by atoms with Crippen molar-refractivity contribution in [2.24, 2.45) is 15.7 Å². The first-order chi connectivity index (χ1) is 18.6. The first-order valence-corrected chi connectivity index (χ1v) is 12.9. The molecule has 3 rings (SSSR count). The van der Waals surface area contributed by atoms with Crippen LogP contribution in [0.1, 0.15) is 40.9 Å². The van der Waals surface area contributed by atoms with E-state index in [-0.39, 0.29) is 23.6 Å². The molecule has 39 heavy (non-hydrogen) atoms. The fourth-order valence-corrected chi connectivity index (χ4v) is 4.24. The zero-order valence-electron chi connectivity index (χ0n) is 22.6. The molecule has 8 nitrogen and oxygen atoms in total. The summed E-state index contributed by atoms with van der Waals surface area (Å²) in [5.74, 6) is -0.225. The van der Waals surface area contributed by atoms with Gasteiger partial charge in [-0.25, -0.2) is 4.99 Å². The van der Waals surface area contributed by atoms with Crippen LogP contribution in [0, 0.1) is 6.92 Å². The number of hydrogen-bond donors (Lipinski definition) is 3. The SMILES string of the molecule is C\C=N/C(N)=C\N=C\CNc1cc(C(=O)Nc2ccc(CN3CCN(CC)CC3)c(C(F)(F)F)c2)ccc1C. The van der Waals surface area contributed by atoms with Crippen LogP contribution in [0.15, 0.2) is 58.4 Å². The number of benzene rings is 2. The first-order valence-electron chi connectivity index (χ1n) is 12.9. The van der Waals surface area contributed by atoms with E-state index in [9.17, 15) is 18.0 Å². The van der Waals surface area contributed by atoms with Crippen LogP contribution in [-0.4, -0.2) is 67.4 Å². The van der Waals surface area contributed by atoms with E-state index < -0.39 is 17.6 Å². The molecule has 2 aromatic carbocycles. The van der Waals surface area contributed by atoms with Gasteiger partial charge < -0.3 is 21.3 Å². The van der Waals surface area contributed by atoms with Crippen LogP contribution in [0.25, 0.3) is 0 Å². The number of piperazine rings is 1. The molecule has 0 spiro atoms. The number of halogens is 3. The lowest BCUT2D eigenvalue weighted by Crippen LogP contribution is -2.45. The molecule has 1 fully saturated rings. The Bertz CT molecular complexity index is 1220. The molecule has 1 saturated heterocycles. The molecule has 0 bridgehead atoms. The number of rotatable bonds is 10. The van der Waals surface area contributed by atoms with Crippen LogP contribution in [0.4, 0.5) is 24.5 Å². The Morgan fingerprint density at radius 3 is 2.49 bits per heavy atom. The molecule has 1 heterocycles. The molecular weight excluding hydrogens is 507 g/mol. The largest absolute Gasteiger partial charge is 0.416 e. The van der Waals surface area contributed by atoms with Crippen LogP contribution >= 0.6 is 0 Å². The maximum absolute atomic E-state index is 13.9. The van der Waals surface area contributed by atoms with Crippen LogP contribution in [0.2, 0.25) is 0 Å². The maximum Gasteiger partial charge on any atom is 0.416 e. The van der Waals surface area contributed by atoms with Crippen molar-refractivity contribution in [1.29, 1.82) is 0 Å². The van der Waals surface area contributed by atoms with Gasteiger partial charge in [0.15, 0.2) is 0 Å². The van der Waals surface area contributed by atoms with Crippen molar-refractivity contribution >= 4 is 29.7 Å². The van der Waals surface area contributed by atoms with Crippen molar-refractivity contribution in [2.75, 3.05) is 49.9 Å². The van der Waals surface area contributed by atoms with Gasteiger partial charge in [-0.2, -0.15) is 13.2 Å². The highest BCUT2D eigenvalue weighted by atomic mass is 19.4. The number of nitrogens with one attached hydrogen (secondary N) is 2. The lowest BCUT2D eigenvalue weighted by molar-refractivity contribution is -0.138. The fourth-order valence-electron chi connectivity index (χ4n) is 4.24. The van der Waals surface area contributed by atoms with Crippen molar-refractivity contribution in [3.63, 3.8) is 0 Å². The third-order valence-electron chi connectivity index (χ3n) is 6.45. The molecule has 0 atom stereocenters. The summed E-state index contributed by atoms with van der Waals surface area (Å²) in [5.41, 5.74) is 7.10. The minimum absolute atomic E-state index is 0.0909. The summed E-state index contributed by atoms with van der Waals surface area (Å²) < 4.78 is 41.8. The van der Waals surface area contributed by atoms with Crippen LogP contribution in [0.5, 0.6) is 0 Å². The van der Waals surface area contributed by atoms with E-state index in [4.69, 9.17) is 5.73 Å². The normalized spacial score (nSPS) is 15.8. The number of anilines is 2. The van der Waals surface area contributed by atoms with Gasteiger partial charge in [-0.05, 0) is 55.8 Å². The van der Waals surface area contributed by atoms with E-state index in [0.29, 0.717) is 17.8 Å². The van der Waals surface area contributed by atoms with E-state index in [0.717, 1.165) is 44.4 Å². The second-order valence-corrected chi connectivity index (χ2v) is 9.22. The third-order valence-corrected chi connectivity index (χ3v) is 6.45. The monoisotopic (exact) mass is 543 g/mol. The van der Waals surface area contributed by atoms with E-state index in [1.807, 2.05) is 11.8 Å². The predicted molar refractivity (Wildman–Crippen MR) is 151 cm³/mol. The third kappa shape index (κ3) is 8.93. The quantitative estimate of drug-likeness (QED) is 0.376. The zero-order valence-corrected chi connectivity index (χ0v) is 22.6. The van der Waals surface area contributed by atoms with E-state index in [2.05, 4.69) is 32.4 Å². The summed E-state index contributed by atoms with van der Waals surface area (Å²) in [4.78, 5) is 25.2. The highest BCUT2D eigenvalue weighted by Crippen LogP contribution is 2.35. The Labute approximate surface area is 227 Å². The molecule has 0 saturated carbocycles. The molecule has 0 aromatic heterocycles. The Balaban J connectivity index is 1.69. The molecule has 1 aliphatic heterocycles. The fraction of sp³-hybridized carbons (Fsp3) is 0.393. The van der Waals surface area contributed by atoms with Gasteiger partial charge in [0, 0.05) is 62.1 Å². The number of aliphatic imine (C=N–C) groups is 2. The molecular formula is C28H36F3N7O. The Hall–Kier alpha value is -3.70. The molecule has 4 N–H and O–H groups in total. The Morgan fingerprint density at radius 1 is 1.10 bits per heavy atom. The molecule has 210 valence electrons. The number of alkyl halides is 3. The van der Waals surface area contributed by atoms with Gasteiger partial charge in [-0.1, -0.05) is 19.1 Å². The minimum atomic E-state index is -4.54. The standard InChI is InChI=1S/C28H36F3N7O/c1-4-34-26(32)18-33-10-11-35-25-16-21(7-6-20(25)3)27(39)36-23-9-8-22(24(17-23)28(29,30)31)19-38-14-12-37(5-2)13-15-38/h4,6-10,16-18,35H,5,11-15,19,32H2,1-3H3,(H,36,39)/b26-18-,33-10+,34-4-. The summed E-state index contributed by atoms with van der Waals surface area (Å²) in [6, 6.07) is 9.05. The lowest BCUT2D eigenvalue weighted by Gasteiger charge is -2.34. The van der Waals surface area contributed by atoms with Gasteiger partial charge in [0.2, 0.25) is 0 Å². The summed E-state index contributed by atoms with van der Waals surface area (Å²) in [5, 5.41) is 5.78. The first kappa shape index (κ1) is 29.9. The smallest absolute Gasteiger partial charge is 0.382 e. The predicted octanol–water partition coefficient (Wildman–Crippen LogP) is 4.73. The van der Waals surface area contributed by atoms with Gasteiger partial charge in [0.1, 0.15) is 5.82 Å². The van der Waals surface area contributed by atoms with E-state index in [1.54, 1.807) is 37.6 Å². The van der Waals surface area contributed by atoms with Crippen molar-refractivity contribution < 1.29 is 18.0 Å². The van der Waals surface area contributed by atoms with Gasteiger partial charge in [-0.15, -0.1) is 0 Å². The number of nitrogens with two attached hydrogens (primary N) is 1. The summed E-state index contributed by atoms with van der Waals surface area (Å²) in [6.45, 7) is 10.3. The van der Waals surface area contributed by atoms with Gasteiger partial charge in [-0.3, -0.25) is 14.7 Å². The molecule has 11 heteroatoms. The minimum Gasteiger partial charge on any atom is -0.382 e. The molecule has 0 radical (unpaired) electrons. The highest BCUT2D eigenvalue weighted by Gasteiger charge is 2.34. The average molecular weight is 544 g/mol. The topological polar surface area (TPSA) is 98.3 Å². The number of likely N-dealkylation sites (N-methyl/N-ethyl adjacent to an activating group) is 1. The number of amides is 1. The van der Waals surface area contributed by atoms with E-state index >= 15 is 0 Å². The molecule has 0 aliphatic carbocycles. The van der Waals surface area contributed by atoms with Crippen LogP contribution < -0.4 is 16.4 Å². The van der Waals surface area contributed by atoms with Crippen molar-refractivity contribution in [3.8, 4) is 0 Å². The molecule has 0 unspecified atom stereocenters. The van der Waals surface area contributed by atoms with Gasteiger partial charge in [0.25, 0.3) is 5.91 Å². The number of aryl methyl sites for hydroxylation is 1. The van der Waals surface area contributed by atoms with Gasteiger partial charge >= 0.3 is 6.18 Å². The maximum atomic E-state index is 13.9. The van der Waals surface area contributed by atoms with Crippen molar-refractivity contribution in [2.45, 2.75) is 33.5 Å². The number of nitrogens with zero attached hydrogens (tertiary/aromatic N) is 4. The summed E-state index contributed by atoms with van der Waals surface area (Å²) in [6.07, 6.45) is 0.0549. The molecule has 1 aliphatic rings. The number of carbonyl (C=O) groups is 1.